The minimum atomic E-state index is -5.08. The molecule has 1 aromatic carbocycles. The average molecular weight is 493 g/mol. The molecular formula is C21H19F4N7O3. The Morgan fingerprint density at radius 3 is 2.63 bits per heavy atom. The Kier molecular flexibility index (Phi) is 6.39. The van der Waals surface area contributed by atoms with Crippen LogP contribution in [0.4, 0.5) is 23.4 Å². The molecule has 35 heavy (non-hydrogen) atoms. The number of carboxylic acid groups (broad SMARTS) is 1. The second kappa shape index (κ2) is 9.29. The van der Waals surface area contributed by atoms with Crippen molar-refractivity contribution < 1.29 is 32.3 Å². The molecule has 0 aliphatic carbocycles. The number of alkyl halides is 4. The molecule has 1 fully saturated rings. The number of rotatable bonds is 3. The maximum Gasteiger partial charge on any atom is 0.490 e. The van der Waals surface area contributed by atoms with Crippen molar-refractivity contribution in [2.24, 2.45) is 7.05 Å². The number of carbonyl (C=O) groups excluding carboxylic acids is 1. The lowest BCUT2D eigenvalue weighted by atomic mass is 10.1. The smallest absolute Gasteiger partial charge is 0.475 e. The summed E-state index contributed by atoms with van der Waals surface area (Å²) in [6.45, 7) is 0.347. The molecule has 14 heteroatoms. The van der Waals surface area contributed by atoms with Crippen molar-refractivity contribution >= 4 is 34.2 Å². The van der Waals surface area contributed by atoms with E-state index in [1.807, 2.05) is 19.3 Å². The number of imidazole rings is 1. The molecule has 3 N–H and O–H groups in total. The van der Waals surface area contributed by atoms with Crippen LogP contribution in [0.15, 0.2) is 43.0 Å². The van der Waals surface area contributed by atoms with Crippen LogP contribution >= 0.6 is 0 Å². The van der Waals surface area contributed by atoms with E-state index in [0.29, 0.717) is 30.0 Å². The van der Waals surface area contributed by atoms with E-state index in [9.17, 15) is 22.4 Å². The monoisotopic (exact) mass is 493 g/mol. The van der Waals surface area contributed by atoms with Gasteiger partial charge in [0.15, 0.2) is 5.65 Å². The van der Waals surface area contributed by atoms with Gasteiger partial charge in [0.1, 0.15) is 12.0 Å². The molecule has 5 rings (SSSR count). The number of aryl methyl sites for hydroxylation is 1. The first-order chi connectivity index (χ1) is 16.5. The number of aromatic nitrogens is 5. The van der Waals surface area contributed by atoms with Gasteiger partial charge in [-0.1, -0.05) is 0 Å². The van der Waals surface area contributed by atoms with E-state index in [0.717, 1.165) is 16.6 Å². The number of nitrogens with one attached hydrogen (secondary N) is 2. The van der Waals surface area contributed by atoms with Crippen LogP contribution in [-0.2, 0) is 11.8 Å². The minimum Gasteiger partial charge on any atom is -0.475 e. The second-order valence-electron chi connectivity index (χ2n) is 7.80. The van der Waals surface area contributed by atoms with Gasteiger partial charge in [-0.25, -0.2) is 19.2 Å². The summed E-state index contributed by atoms with van der Waals surface area (Å²) in [5, 5.41) is 18.1. The van der Waals surface area contributed by atoms with Crippen molar-refractivity contribution in [3.05, 3.63) is 54.2 Å². The van der Waals surface area contributed by atoms with Crippen LogP contribution in [0.25, 0.3) is 16.6 Å². The number of halogens is 4. The van der Waals surface area contributed by atoms with Gasteiger partial charge in [0.25, 0.3) is 5.91 Å². The molecule has 10 nitrogen and oxygen atoms in total. The van der Waals surface area contributed by atoms with Gasteiger partial charge in [-0.3, -0.25) is 9.48 Å². The first-order valence-corrected chi connectivity index (χ1v) is 10.3. The van der Waals surface area contributed by atoms with Gasteiger partial charge >= 0.3 is 12.1 Å². The number of amides is 1. The number of benzene rings is 1. The predicted molar refractivity (Wildman–Crippen MR) is 116 cm³/mol. The molecule has 1 amide bonds. The normalized spacial score (nSPS) is 17.9. The lowest BCUT2D eigenvalue weighted by molar-refractivity contribution is -0.192. The van der Waals surface area contributed by atoms with E-state index in [2.05, 4.69) is 25.7 Å². The molecule has 1 saturated heterocycles. The topological polar surface area (TPSA) is 126 Å². The van der Waals surface area contributed by atoms with Crippen LogP contribution in [0.5, 0.6) is 0 Å². The van der Waals surface area contributed by atoms with Gasteiger partial charge < -0.3 is 20.1 Å². The Bertz CT molecular complexity index is 1400. The van der Waals surface area contributed by atoms with Gasteiger partial charge in [-0.05, 0) is 18.2 Å². The third-order valence-electron chi connectivity index (χ3n) is 5.29. The summed E-state index contributed by atoms with van der Waals surface area (Å²) in [6.07, 6.45) is 1.34. The molecule has 1 aliphatic heterocycles. The van der Waals surface area contributed by atoms with Crippen molar-refractivity contribution in [3.8, 4) is 0 Å². The zero-order valence-corrected chi connectivity index (χ0v) is 18.1. The van der Waals surface area contributed by atoms with E-state index in [-0.39, 0.29) is 11.9 Å². The van der Waals surface area contributed by atoms with Gasteiger partial charge in [-0.15, -0.1) is 0 Å². The summed E-state index contributed by atoms with van der Waals surface area (Å²) in [7, 11) is 1.86. The van der Waals surface area contributed by atoms with Crippen molar-refractivity contribution in [1.82, 2.24) is 29.5 Å². The van der Waals surface area contributed by atoms with Gasteiger partial charge in [-0.2, -0.15) is 18.3 Å². The van der Waals surface area contributed by atoms with Gasteiger partial charge in [0.05, 0.1) is 35.8 Å². The van der Waals surface area contributed by atoms with E-state index in [1.54, 1.807) is 39.8 Å². The molecule has 2 atom stereocenters. The molecule has 0 radical (unpaired) electrons. The fourth-order valence-electron chi connectivity index (χ4n) is 3.56. The summed E-state index contributed by atoms with van der Waals surface area (Å²) in [4.78, 5) is 30.3. The number of carbonyl (C=O) groups is 2. The number of anilines is 1. The van der Waals surface area contributed by atoms with E-state index < -0.39 is 18.3 Å². The first kappa shape index (κ1) is 24.1. The fraction of sp³-hybridized carbons (Fsp3) is 0.286. The highest BCUT2D eigenvalue weighted by molar-refractivity contribution is 6.05. The highest BCUT2D eigenvalue weighted by atomic mass is 19.4. The molecule has 1 aliphatic rings. The molecular weight excluding hydrogens is 474 g/mol. The van der Waals surface area contributed by atoms with Gasteiger partial charge in [0.2, 0.25) is 0 Å². The summed E-state index contributed by atoms with van der Waals surface area (Å²) < 4.78 is 48.7. The average Bonchev–Trinajstić information content (AvgIpc) is 3.51. The summed E-state index contributed by atoms with van der Waals surface area (Å²) in [6, 6.07) is 5.32. The van der Waals surface area contributed by atoms with E-state index in [1.165, 1.54) is 0 Å². The molecule has 0 saturated carbocycles. The van der Waals surface area contributed by atoms with Crippen LogP contribution in [0, 0.1) is 0 Å². The molecule has 4 aromatic rings. The van der Waals surface area contributed by atoms with Crippen molar-refractivity contribution in [3.63, 3.8) is 0 Å². The molecule has 0 spiro atoms. The second-order valence-corrected chi connectivity index (χ2v) is 7.80. The Labute approximate surface area is 194 Å². The zero-order chi connectivity index (χ0) is 25.3. The molecule has 3 aromatic heterocycles. The van der Waals surface area contributed by atoms with Crippen LogP contribution < -0.4 is 10.6 Å². The number of hydrogen-bond donors (Lipinski definition) is 3. The van der Waals surface area contributed by atoms with Crippen LogP contribution in [0.3, 0.4) is 0 Å². The maximum absolute atomic E-state index is 13.4. The number of hydrogen-bond acceptors (Lipinski definition) is 6. The maximum atomic E-state index is 13.4. The predicted octanol–water partition coefficient (Wildman–Crippen LogP) is 2.87. The standard InChI is InChI=1S/C19H18FN7O.C2HF3O2/c1-26-16-3-2-11(4-12(16)6-23-26)19(28)25-17-10-27-9-15(24-18(27)8-22-17)14-5-13(20)7-21-14;3-2(4,5)1(6)7/h2-4,6,8-10,13-14,21H,5,7H2,1H3,(H,25,28);(H,6,7)/t13-,14-;/m1./s1. The summed E-state index contributed by atoms with van der Waals surface area (Å²) in [5.74, 6) is -2.60. The Morgan fingerprint density at radius 2 is 1.97 bits per heavy atom. The highest BCUT2D eigenvalue weighted by Gasteiger charge is 2.38. The summed E-state index contributed by atoms with van der Waals surface area (Å²) >= 11 is 0. The molecule has 0 bridgehead atoms. The largest absolute Gasteiger partial charge is 0.490 e. The fourth-order valence-corrected chi connectivity index (χ4v) is 3.56. The molecule has 0 unspecified atom stereocenters. The third kappa shape index (κ3) is 5.37. The van der Waals surface area contributed by atoms with Crippen LogP contribution in [0.2, 0.25) is 0 Å². The van der Waals surface area contributed by atoms with Crippen LogP contribution in [-0.4, -0.2) is 60.0 Å². The SMILES string of the molecule is Cn1ncc2cc(C(=O)Nc3cn4cc([C@H]5C[C@@H](F)CN5)nc4cn3)ccc21.O=C(O)C(F)(F)F. The lowest BCUT2D eigenvalue weighted by Gasteiger charge is -2.05. The Hall–Kier alpha value is -4.07. The number of aliphatic carboxylic acids is 1. The van der Waals surface area contributed by atoms with E-state index >= 15 is 0 Å². The number of fused-ring (bicyclic) bond motifs is 2. The quantitative estimate of drug-likeness (QED) is 0.375. The molecule has 4 heterocycles. The zero-order valence-electron chi connectivity index (χ0n) is 18.1. The third-order valence-corrected chi connectivity index (χ3v) is 5.29. The van der Waals surface area contributed by atoms with Crippen molar-refractivity contribution in [2.75, 3.05) is 11.9 Å². The van der Waals surface area contributed by atoms with Crippen molar-refractivity contribution in [1.29, 1.82) is 0 Å². The number of carboxylic acids is 1. The highest BCUT2D eigenvalue weighted by Crippen LogP contribution is 2.25. The number of nitrogens with zero attached hydrogens (tertiary/aromatic N) is 5. The Balaban J connectivity index is 0.000000364. The summed E-state index contributed by atoms with van der Waals surface area (Å²) in [5.41, 5.74) is 2.90. The minimum absolute atomic E-state index is 0.0980. The van der Waals surface area contributed by atoms with Gasteiger partial charge in [0, 0.05) is 37.2 Å². The van der Waals surface area contributed by atoms with Crippen molar-refractivity contribution in [2.45, 2.75) is 24.8 Å². The Morgan fingerprint density at radius 1 is 1.23 bits per heavy atom. The first-order valence-electron chi connectivity index (χ1n) is 10.3. The van der Waals surface area contributed by atoms with Crippen LogP contribution in [0.1, 0.15) is 28.5 Å². The molecule has 184 valence electrons. The van der Waals surface area contributed by atoms with E-state index in [4.69, 9.17) is 9.90 Å². The lowest BCUT2D eigenvalue weighted by Crippen LogP contribution is -2.21.